The first-order valence-corrected chi connectivity index (χ1v) is 15.2. The summed E-state index contributed by atoms with van der Waals surface area (Å²) in [5.74, 6) is -1.04. The number of rotatable bonds is 9. The first-order valence-electron chi connectivity index (χ1n) is 12.7. The Balaban J connectivity index is 1.51. The number of amides is 2. The second kappa shape index (κ2) is 12.9. The van der Waals surface area contributed by atoms with Gasteiger partial charge in [-0.15, -0.1) is 11.3 Å². The zero-order valence-electron chi connectivity index (χ0n) is 21.6. The average molecular weight is 581 g/mol. The highest BCUT2D eigenvalue weighted by molar-refractivity contribution is 7.92. The van der Waals surface area contributed by atoms with Crippen LogP contribution in [-0.4, -0.2) is 58.8 Å². The smallest absolute Gasteiger partial charge is 0.438 e. The standard InChI is InChI=1S/C26H32N2O9S2/c1-34-25(31)36-17-23(30)27-19-8-6-7-18(15-19)20-10-11-21(38-20)26(12-3-5-14-39(26,32)33)16-22(29)28-37-24-9-2-4-13-35-24/h6-8,10-11,15,24H,2-5,9,12-14,16-17H2,1H3,(H,27,30)(H,28,29)/t24?,26-/m0/s1. The van der Waals surface area contributed by atoms with Gasteiger partial charge in [0.15, 0.2) is 22.7 Å². The summed E-state index contributed by atoms with van der Waals surface area (Å²) in [5.41, 5.74) is 3.64. The summed E-state index contributed by atoms with van der Waals surface area (Å²) < 4.78 is 40.1. The lowest BCUT2D eigenvalue weighted by Crippen LogP contribution is -2.45. The summed E-state index contributed by atoms with van der Waals surface area (Å²) in [4.78, 5) is 42.9. The maximum Gasteiger partial charge on any atom is 0.508 e. The second-order valence-corrected chi connectivity index (χ2v) is 12.9. The summed E-state index contributed by atoms with van der Waals surface area (Å²) in [6.07, 6.45) is 2.36. The van der Waals surface area contributed by atoms with Crippen molar-refractivity contribution in [3.63, 3.8) is 0 Å². The van der Waals surface area contributed by atoms with E-state index in [1.165, 1.54) is 11.3 Å². The maximum absolute atomic E-state index is 13.5. The number of carbonyl (C=O) groups excluding carboxylic acids is 3. The molecule has 3 heterocycles. The Kier molecular flexibility index (Phi) is 9.59. The molecule has 2 aromatic rings. The molecule has 2 aliphatic rings. The molecule has 1 unspecified atom stereocenters. The van der Waals surface area contributed by atoms with Crippen molar-refractivity contribution >= 4 is 44.8 Å². The van der Waals surface area contributed by atoms with E-state index in [4.69, 9.17) is 9.57 Å². The fourth-order valence-electron chi connectivity index (χ4n) is 4.72. The van der Waals surface area contributed by atoms with Crippen molar-refractivity contribution in [2.75, 3.05) is 31.4 Å². The summed E-state index contributed by atoms with van der Waals surface area (Å²) in [5, 5.41) is 2.65. The van der Waals surface area contributed by atoms with Crippen molar-refractivity contribution in [3.8, 4) is 10.4 Å². The third kappa shape index (κ3) is 7.15. The minimum atomic E-state index is -3.63. The lowest BCUT2D eigenvalue weighted by atomic mass is 9.94. The highest BCUT2D eigenvalue weighted by Crippen LogP contribution is 2.47. The van der Waals surface area contributed by atoms with E-state index < -0.39 is 45.5 Å². The molecular formula is C26H32N2O9S2. The highest BCUT2D eigenvalue weighted by atomic mass is 32.2. The highest BCUT2D eigenvalue weighted by Gasteiger charge is 2.49. The molecule has 2 atom stereocenters. The van der Waals surface area contributed by atoms with Gasteiger partial charge < -0.3 is 19.5 Å². The van der Waals surface area contributed by atoms with Gasteiger partial charge in [0.25, 0.3) is 5.91 Å². The molecule has 2 fully saturated rings. The van der Waals surface area contributed by atoms with Gasteiger partial charge in [0.05, 0.1) is 19.3 Å². The fraction of sp³-hybridized carbons (Fsp3) is 0.500. The zero-order valence-corrected chi connectivity index (χ0v) is 23.2. The Morgan fingerprint density at radius 1 is 1.10 bits per heavy atom. The van der Waals surface area contributed by atoms with Crippen molar-refractivity contribution in [3.05, 3.63) is 41.3 Å². The van der Waals surface area contributed by atoms with Crippen LogP contribution in [0.5, 0.6) is 0 Å². The van der Waals surface area contributed by atoms with Crippen LogP contribution in [0.15, 0.2) is 36.4 Å². The number of ether oxygens (including phenoxy) is 3. The van der Waals surface area contributed by atoms with Gasteiger partial charge in [-0.05, 0) is 55.5 Å². The van der Waals surface area contributed by atoms with Crippen LogP contribution in [0.1, 0.15) is 49.8 Å². The average Bonchev–Trinajstić information content (AvgIpc) is 3.43. The molecule has 13 heteroatoms. The predicted molar refractivity (Wildman–Crippen MR) is 143 cm³/mol. The fourth-order valence-corrected chi connectivity index (χ4v) is 8.49. The molecule has 11 nitrogen and oxygen atoms in total. The Bertz CT molecular complexity index is 1290. The van der Waals surface area contributed by atoms with E-state index in [2.05, 4.69) is 20.3 Å². The summed E-state index contributed by atoms with van der Waals surface area (Å²) in [6.45, 7) is 0.0576. The monoisotopic (exact) mass is 580 g/mol. The predicted octanol–water partition coefficient (Wildman–Crippen LogP) is 3.90. The first-order chi connectivity index (χ1) is 18.7. The molecule has 0 bridgehead atoms. The molecule has 1 aromatic carbocycles. The minimum absolute atomic E-state index is 0.00919. The molecule has 0 aliphatic carbocycles. The van der Waals surface area contributed by atoms with Crippen molar-refractivity contribution in [2.45, 2.75) is 56.0 Å². The van der Waals surface area contributed by atoms with Crippen LogP contribution in [0.4, 0.5) is 10.5 Å². The number of thiophene rings is 1. The molecule has 212 valence electrons. The maximum atomic E-state index is 13.5. The van der Waals surface area contributed by atoms with Crippen LogP contribution in [0.25, 0.3) is 10.4 Å². The number of benzene rings is 1. The molecule has 1 aromatic heterocycles. The second-order valence-electron chi connectivity index (χ2n) is 9.42. The molecule has 2 saturated heterocycles. The molecule has 0 radical (unpaired) electrons. The number of hydrogen-bond acceptors (Lipinski definition) is 10. The van der Waals surface area contributed by atoms with E-state index in [0.717, 1.165) is 30.4 Å². The van der Waals surface area contributed by atoms with Gasteiger partial charge in [-0.3, -0.25) is 9.59 Å². The third-order valence-electron chi connectivity index (χ3n) is 6.70. The summed E-state index contributed by atoms with van der Waals surface area (Å²) in [6, 6.07) is 10.6. The van der Waals surface area contributed by atoms with E-state index in [1.54, 1.807) is 24.3 Å². The molecule has 2 amide bonds. The molecule has 2 aliphatic heterocycles. The van der Waals surface area contributed by atoms with E-state index in [9.17, 15) is 22.8 Å². The van der Waals surface area contributed by atoms with Gasteiger partial charge in [0.2, 0.25) is 5.91 Å². The summed E-state index contributed by atoms with van der Waals surface area (Å²) in [7, 11) is -2.48. The van der Waals surface area contributed by atoms with Gasteiger partial charge in [-0.1, -0.05) is 18.6 Å². The van der Waals surface area contributed by atoms with Gasteiger partial charge in [-0.2, -0.15) is 0 Å². The lowest BCUT2D eigenvalue weighted by molar-refractivity contribution is -0.200. The zero-order chi connectivity index (χ0) is 27.9. The van der Waals surface area contributed by atoms with Crippen LogP contribution >= 0.6 is 11.3 Å². The van der Waals surface area contributed by atoms with E-state index in [0.29, 0.717) is 42.9 Å². The molecule has 2 N–H and O–H groups in total. The topological polar surface area (TPSA) is 146 Å². The van der Waals surface area contributed by atoms with Crippen molar-refractivity contribution in [1.29, 1.82) is 0 Å². The number of carbonyl (C=O) groups is 3. The van der Waals surface area contributed by atoms with Gasteiger partial charge in [0.1, 0.15) is 4.75 Å². The Morgan fingerprint density at radius 2 is 1.95 bits per heavy atom. The van der Waals surface area contributed by atoms with Gasteiger partial charge in [-0.25, -0.2) is 23.5 Å². The number of nitrogens with one attached hydrogen (secondary N) is 2. The molecule has 39 heavy (non-hydrogen) atoms. The molecule has 0 spiro atoms. The Hall–Kier alpha value is -3.00. The van der Waals surface area contributed by atoms with Gasteiger partial charge in [0, 0.05) is 28.5 Å². The van der Waals surface area contributed by atoms with E-state index in [-0.39, 0.29) is 12.2 Å². The quantitative estimate of drug-likeness (QED) is 0.333. The van der Waals surface area contributed by atoms with Crippen molar-refractivity contribution in [2.24, 2.45) is 0 Å². The minimum Gasteiger partial charge on any atom is -0.438 e. The van der Waals surface area contributed by atoms with Crippen LogP contribution in [-0.2, 0) is 43.2 Å². The molecular weight excluding hydrogens is 548 g/mol. The largest absolute Gasteiger partial charge is 0.508 e. The van der Waals surface area contributed by atoms with Crippen LogP contribution in [0.2, 0.25) is 0 Å². The SMILES string of the molecule is COC(=O)OCC(=O)Nc1cccc(-c2ccc([C@@]3(CC(=O)NOC4CCCCO4)CCCCS3(=O)=O)s2)c1. The lowest BCUT2D eigenvalue weighted by Gasteiger charge is -2.35. The number of methoxy groups -OCH3 is 1. The van der Waals surface area contributed by atoms with E-state index >= 15 is 0 Å². The summed E-state index contributed by atoms with van der Waals surface area (Å²) >= 11 is 1.30. The number of hydrogen-bond donors (Lipinski definition) is 2. The van der Waals surface area contributed by atoms with Gasteiger partial charge >= 0.3 is 6.16 Å². The number of anilines is 1. The van der Waals surface area contributed by atoms with Crippen LogP contribution in [0.3, 0.4) is 0 Å². The van der Waals surface area contributed by atoms with Crippen molar-refractivity contribution in [1.82, 2.24) is 5.48 Å². The normalized spacial score (nSPS) is 22.4. The van der Waals surface area contributed by atoms with Crippen LogP contribution < -0.4 is 10.8 Å². The van der Waals surface area contributed by atoms with Crippen LogP contribution in [0, 0.1) is 0 Å². The number of hydroxylamine groups is 1. The molecule has 0 saturated carbocycles. The third-order valence-corrected chi connectivity index (χ3v) is 10.8. The number of sulfone groups is 1. The van der Waals surface area contributed by atoms with E-state index in [1.807, 2.05) is 12.1 Å². The Morgan fingerprint density at radius 3 is 2.69 bits per heavy atom. The Labute approximate surface area is 231 Å². The molecule has 4 rings (SSSR count). The van der Waals surface area contributed by atoms with Crippen molar-refractivity contribution < 1.29 is 41.8 Å². The first kappa shape index (κ1) is 29.0.